The maximum Gasteiger partial charge on any atom is 0.266 e. The Morgan fingerprint density at radius 3 is 2.50 bits per heavy atom. The summed E-state index contributed by atoms with van der Waals surface area (Å²) in [4.78, 5) is 29.5. The van der Waals surface area contributed by atoms with E-state index in [2.05, 4.69) is 6.92 Å². The van der Waals surface area contributed by atoms with Crippen molar-refractivity contribution < 1.29 is 4.79 Å². The van der Waals surface area contributed by atoms with E-state index in [0.29, 0.717) is 27.4 Å². The molecule has 150 valence electrons. The third-order valence-electron chi connectivity index (χ3n) is 4.93. The first-order chi connectivity index (χ1) is 14.6. The van der Waals surface area contributed by atoms with Crippen LogP contribution in [0.25, 0.3) is 16.6 Å². The van der Waals surface area contributed by atoms with Crippen LogP contribution >= 0.6 is 11.8 Å². The Hall–Kier alpha value is -3.38. The normalized spacial score (nSPS) is 11.0. The van der Waals surface area contributed by atoms with E-state index in [4.69, 9.17) is 10.7 Å². The SMILES string of the molecule is CCc1ccc(-n2c(SCc3cccc(C(N)=O)c3)nc3ccccc3c2=O)cc1. The second-order valence-corrected chi connectivity index (χ2v) is 7.87. The highest BCUT2D eigenvalue weighted by Crippen LogP contribution is 2.25. The number of nitrogens with two attached hydrogens (primary N) is 1. The van der Waals surface area contributed by atoms with Gasteiger partial charge in [-0.3, -0.25) is 14.2 Å². The zero-order valence-electron chi connectivity index (χ0n) is 16.5. The number of benzene rings is 3. The van der Waals surface area contributed by atoms with Gasteiger partial charge in [0, 0.05) is 11.3 Å². The lowest BCUT2D eigenvalue weighted by Crippen LogP contribution is -2.21. The summed E-state index contributed by atoms with van der Waals surface area (Å²) < 4.78 is 1.66. The van der Waals surface area contributed by atoms with E-state index in [1.165, 1.54) is 17.3 Å². The molecule has 1 aromatic heterocycles. The highest BCUT2D eigenvalue weighted by atomic mass is 32.2. The lowest BCUT2D eigenvalue weighted by atomic mass is 10.1. The predicted molar refractivity (Wildman–Crippen MR) is 121 cm³/mol. The van der Waals surface area contributed by atoms with Gasteiger partial charge in [0.05, 0.1) is 16.6 Å². The van der Waals surface area contributed by atoms with Crippen molar-refractivity contribution in [3.63, 3.8) is 0 Å². The quantitative estimate of drug-likeness (QED) is 0.375. The lowest BCUT2D eigenvalue weighted by Gasteiger charge is -2.14. The standard InChI is InChI=1S/C24H21N3O2S/c1-2-16-10-12-19(13-11-16)27-23(29)20-8-3-4-9-21(20)26-24(27)30-15-17-6-5-7-18(14-17)22(25)28/h3-14H,2,15H2,1H3,(H2,25,28). The van der Waals surface area contributed by atoms with Crippen LogP contribution in [-0.2, 0) is 12.2 Å². The second-order valence-electron chi connectivity index (χ2n) is 6.93. The molecule has 2 N–H and O–H groups in total. The van der Waals surface area contributed by atoms with E-state index in [9.17, 15) is 9.59 Å². The summed E-state index contributed by atoms with van der Waals surface area (Å²) in [5.41, 5.74) is 9.35. The number of nitrogens with zero attached hydrogens (tertiary/aromatic N) is 2. The Balaban J connectivity index is 1.78. The van der Waals surface area contributed by atoms with Gasteiger partial charge in [-0.25, -0.2) is 4.98 Å². The third kappa shape index (κ3) is 4.00. The van der Waals surface area contributed by atoms with E-state index in [1.807, 2.05) is 48.5 Å². The molecule has 30 heavy (non-hydrogen) atoms. The molecule has 0 aliphatic heterocycles. The van der Waals surface area contributed by atoms with Crippen molar-refractivity contribution in [3.8, 4) is 5.69 Å². The fraction of sp³-hybridized carbons (Fsp3) is 0.125. The predicted octanol–water partition coefficient (Wildman–Crippen LogP) is 4.34. The summed E-state index contributed by atoms with van der Waals surface area (Å²) in [6.07, 6.45) is 0.933. The van der Waals surface area contributed by atoms with Crippen molar-refractivity contribution in [2.45, 2.75) is 24.3 Å². The molecule has 0 fully saturated rings. The number of amides is 1. The van der Waals surface area contributed by atoms with E-state index >= 15 is 0 Å². The molecule has 0 aliphatic carbocycles. The largest absolute Gasteiger partial charge is 0.366 e. The fourth-order valence-corrected chi connectivity index (χ4v) is 4.24. The minimum absolute atomic E-state index is 0.0989. The van der Waals surface area contributed by atoms with Crippen LogP contribution in [0.15, 0.2) is 82.7 Å². The number of thioether (sulfide) groups is 1. The average Bonchev–Trinajstić information content (AvgIpc) is 2.78. The first-order valence-corrected chi connectivity index (χ1v) is 10.7. The topological polar surface area (TPSA) is 78.0 Å². The number of hydrogen-bond donors (Lipinski definition) is 1. The summed E-state index contributed by atoms with van der Waals surface area (Å²) in [6.45, 7) is 2.10. The molecular weight excluding hydrogens is 394 g/mol. The number of carbonyl (C=O) groups excluding carboxylic acids is 1. The zero-order valence-corrected chi connectivity index (χ0v) is 17.4. The highest BCUT2D eigenvalue weighted by Gasteiger charge is 2.14. The second kappa shape index (κ2) is 8.55. The number of rotatable bonds is 6. The molecule has 4 rings (SSSR count). The molecule has 0 spiro atoms. The molecule has 0 unspecified atom stereocenters. The third-order valence-corrected chi connectivity index (χ3v) is 5.94. The molecule has 1 amide bonds. The molecule has 6 heteroatoms. The van der Waals surface area contributed by atoms with Crippen LogP contribution in [0, 0.1) is 0 Å². The van der Waals surface area contributed by atoms with E-state index in [-0.39, 0.29) is 5.56 Å². The number of hydrogen-bond acceptors (Lipinski definition) is 4. The van der Waals surface area contributed by atoms with Gasteiger partial charge in [-0.15, -0.1) is 0 Å². The maximum absolute atomic E-state index is 13.3. The van der Waals surface area contributed by atoms with Gasteiger partial charge in [0.15, 0.2) is 5.16 Å². The number of fused-ring (bicyclic) bond motifs is 1. The van der Waals surface area contributed by atoms with Gasteiger partial charge >= 0.3 is 0 Å². The molecule has 0 radical (unpaired) electrons. The van der Waals surface area contributed by atoms with Gasteiger partial charge in [0.25, 0.3) is 5.56 Å². The molecule has 4 aromatic rings. The van der Waals surface area contributed by atoms with Gasteiger partial charge in [0.1, 0.15) is 0 Å². The van der Waals surface area contributed by atoms with Gasteiger partial charge in [-0.05, 0) is 53.9 Å². The molecule has 0 atom stereocenters. The number of aryl methyl sites for hydroxylation is 1. The molecule has 5 nitrogen and oxygen atoms in total. The zero-order chi connectivity index (χ0) is 21.1. The number of carbonyl (C=O) groups is 1. The Kier molecular flexibility index (Phi) is 5.68. The van der Waals surface area contributed by atoms with E-state index < -0.39 is 5.91 Å². The minimum atomic E-state index is -0.460. The minimum Gasteiger partial charge on any atom is -0.366 e. The summed E-state index contributed by atoms with van der Waals surface area (Å²) in [5, 5.41) is 1.18. The van der Waals surface area contributed by atoms with Crippen LogP contribution < -0.4 is 11.3 Å². The van der Waals surface area contributed by atoms with Crippen LogP contribution in [0.5, 0.6) is 0 Å². The van der Waals surface area contributed by atoms with Gasteiger partial charge in [0.2, 0.25) is 5.91 Å². The van der Waals surface area contributed by atoms with Crippen LogP contribution in [-0.4, -0.2) is 15.5 Å². The fourth-order valence-electron chi connectivity index (χ4n) is 3.28. The molecular formula is C24H21N3O2S. The van der Waals surface area contributed by atoms with Crippen LogP contribution in [0.4, 0.5) is 0 Å². The smallest absolute Gasteiger partial charge is 0.266 e. The van der Waals surface area contributed by atoms with Gasteiger partial charge < -0.3 is 5.73 Å². The van der Waals surface area contributed by atoms with E-state index in [0.717, 1.165) is 17.7 Å². The maximum atomic E-state index is 13.3. The Bertz CT molecular complexity index is 1280. The monoisotopic (exact) mass is 415 g/mol. The van der Waals surface area contributed by atoms with Crippen molar-refractivity contribution in [1.82, 2.24) is 9.55 Å². The average molecular weight is 416 g/mol. The molecule has 0 saturated heterocycles. The summed E-state index contributed by atoms with van der Waals surface area (Å²) in [5.74, 6) is 0.0949. The number of primary amides is 1. The van der Waals surface area contributed by atoms with Crippen LogP contribution in [0.1, 0.15) is 28.4 Å². The number of para-hydroxylation sites is 1. The first kappa shape index (κ1) is 19.9. The lowest BCUT2D eigenvalue weighted by molar-refractivity contribution is 0.1000. The Morgan fingerprint density at radius 1 is 1.00 bits per heavy atom. The van der Waals surface area contributed by atoms with Crippen LogP contribution in [0.3, 0.4) is 0 Å². The summed E-state index contributed by atoms with van der Waals surface area (Å²) in [6, 6.07) is 22.5. The first-order valence-electron chi connectivity index (χ1n) is 9.69. The Morgan fingerprint density at radius 2 is 1.77 bits per heavy atom. The Labute approximate surface area is 178 Å². The summed E-state index contributed by atoms with van der Waals surface area (Å²) >= 11 is 1.45. The molecule has 0 aliphatic rings. The van der Waals surface area contributed by atoms with E-state index in [1.54, 1.807) is 28.8 Å². The molecule has 0 bridgehead atoms. The van der Waals surface area contributed by atoms with Crippen molar-refractivity contribution in [1.29, 1.82) is 0 Å². The van der Waals surface area contributed by atoms with Gasteiger partial charge in [-0.2, -0.15) is 0 Å². The van der Waals surface area contributed by atoms with Crippen LogP contribution in [0.2, 0.25) is 0 Å². The highest BCUT2D eigenvalue weighted by molar-refractivity contribution is 7.98. The molecule has 0 saturated carbocycles. The van der Waals surface area contributed by atoms with Crippen molar-refractivity contribution in [2.75, 3.05) is 0 Å². The molecule has 3 aromatic carbocycles. The van der Waals surface area contributed by atoms with Crippen molar-refractivity contribution >= 4 is 28.6 Å². The van der Waals surface area contributed by atoms with Crippen molar-refractivity contribution in [2.24, 2.45) is 5.73 Å². The van der Waals surface area contributed by atoms with Crippen molar-refractivity contribution in [3.05, 3.63) is 99.8 Å². The summed E-state index contributed by atoms with van der Waals surface area (Å²) in [7, 11) is 0. The number of aromatic nitrogens is 2. The molecule has 1 heterocycles. The van der Waals surface area contributed by atoms with Gasteiger partial charge in [-0.1, -0.05) is 55.1 Å².